The zero-order valence-corrected chi connectivity index (χ0v) is 24.8. The third-order valence-corrected chi connectivity index (χ3v) is 8.04. The van der Waals surface area contributed by atoms with Crippen LogP contribution in [0.1, 0.15) is 36.5 Å². The maximum absolute atomic E-state index is 13.6. The fraction of sp³-hybridized carbons (Fsp3) is 0.303. The van der Waals surface area contributed by atoms with Gasteiger partial charge in [-0.1, -0.05) is 60.7 Å². The highest BCUT2D eigenvalue weighted by molar-refractivity contribution is 6.02. The monoisotopic (exact) mass is 618 g/mol. The quantitative estimate of drug-likeness (QED) is 0.183. The van der Waals surface area contributed by atoms with Crippen molar-refractivity contribution in [2.24, 2.45) is 11.7 Å². The molecule has 6 N–H and O–H groups in total. The van der Waals surface area contributed by atoms with Gasteiger partial charge >= 0.3 is 11.7 Å². The number of carbonyl (C=O) groups is 2. The lowest BCUT2D eigenvalue weighted by Gasteiger charge is -2.47. The number of aromatic hydroxyl groups is 1. The molecular formula is C33H34N2O10. The summed E-state index contributed by atoms with van der Waals surface area (Å²) in [4.78, 5) is 38.3. The largest absolute Gasteiger partial charge is 0.505 e. The smallest absolute Gasteiger partial charge is 0.404 e. The van der Waals surface area contributed by atoms with Gasteiger partial charge in [0.2, 0.25) is 12.2 Å². The minimum Gasteiger partial charge on any atom is -0.505 e. The molecule has 4 aromatic rings. The number of nitrogens with two attached hydrogens (primary N) is 1. The van der Waals surface area contributed by atoms with E-state index in [9.17, 15) is 29.7 Å². The van der Waals surface area contributed by atoms with Crippen LogP contribution < -0.4 is 21.4 Å². The summed E-state index contributed by atoms with van der Waals surface area (Å²) in [6.45, 7) is 4.36. The third-order valence-electron chi connectivity index (χ3n) is 8.04. The first-order chi connectivity index (χ1) is 21.4. The number of ether oxygens (including phenoxy) is 3. The summed E-state index contributed by atoms with van der Waals surface area (Å²) in [7, 11) is 0. The van der Waals surface area contributed by atoms with E-state index < -0.39 is 71.6 Å². The molecule has 1 aromatic heterocycles. The number of fused-ring (bicyclic) bond motifs is 1. The van der Waals surface area contributed by atoms with Crippen LogP contribution in [0.15, 0.2) is 82.0 Å². The minimum absolute atomic E-state index is 0.0293. The Balaban J connectivity index is 1.46. The van der Waals surface area contributed by atoms with Crippen molar-refractivity contribution in [3.05, 3.63) is 99.9 Å². The lowest BCUT2D eigenvalue weighted by Crippen LogP contribution is -2.62. The second-order valence-corrected chi connectivity index (χ2v) is 11.3. The molecule has 1 saturated heterocycles. The summed E-state index contributed by atoms with van der Waals surface area (Å²) >= 11 is 0. The average molecular weight is 619 g/mol. The van der Waals surface area contributed by atoms with Gasteiger partial charge in [0, 0.05) is 5.56 Å². The number of hydrogen-bond acceptors (Lipinski definition) is 10. The number of aliphatic hydroxyl groups excluding tert-OH is 2. The molecule has 12 heteroatoms. The van der Waals surface area contributed by atoms with Crippen LogP contribution >= 0.6 is 0 Å². The molecule has 0 saturated carbocycles. The second kappa shape index (κ2) is 12.6. The number of primary amides is 1. The van der Waals surface area contributed by atoms with Gasteiger partial charge in [-0.15, -0.1) is 0 Å². The molecule has 12 nitrogen and oxygen atoms in total. The lowest BCUT2D eigenvalue weighted by molar-refractivity contribution is -0.290. The Morgan fingerprint density at radius 1 is 1.02 bits per heavy atom. The van der Waals surface area contributed by atoms with Crippen molar-refractivity contribution in [3.8, 4) is 11.5 Å². The maximum atomic E-state index is 13.6. The number of benzene rings is 3. The van der Waals surface area contributed by atoms with Crippen LogP contribution in [-0.2, 0) is 14.3 Å². The summed E-state index contributed by atoms with van der Waals surface area (Å²) in [5, 5.41) is 34.7. The van der Waals surface area contributed by atoms with Crippen molar-refractivity contribution in [2.75, 3.05) is 11.9 Å². The van der Waals surface area contributed by atoms with Crippen LogP contribution in [0.2, 0.25) is 0 Å². The number of aryl methyl sites for hydroxylation is 1. The highest BCUT2D eigenvalue weighted by atomic mass is 16.7. The number of nitrogens with one attached hydrogen (secondary N) is 1. The van der Waals surface area contributed by atoms with Crippen molar-refractivity contribution in [3.63, 3.8) is 0 Å². The second-order valence-electron chi connectivity index (χ2n) is 11.3. The molecule has 0 aliphatic carbocycles. The van der Waals surface area contributed by atoms with Gasteiger partial charge in [0.25, 0.3) is 0 Å². The predicted molar refractivity (Wildman–Crippen MR) is 163 cm³/mol. The van der Waals surface area contributed by atoms with Gasteiger partial charge in [0.05, 0.1) is 29.4 Å². The molecule has 45 heavy (non-hydrogen) atoms. The molecule has 236 valence electrons. The van der Waals surface area contributed by atoms with Gasteiger partial charge in [0.15, 0.2) is 17.5 Å². The van der Waals surface area contributed by atoms with Crippen LogP contribution in [0.5, 0.6) is 11.5 Å². The Kier molecular flexibility index (Phi) is 8.82. The Hall–Kier alpha value is -4.91. The molecule has 3 aromatic carbocycles. The summed E-state index contributed by atoms with van der Waals surface area (Å²) in [5.41, 5.74) is 4.28. The highest BCUT2D eigenvalue weighted by Gasteiger charge is 2.52. The highest BCUT2D eigenvalue weighted by Crippen LogP contribution is 2.40. The Morgan fingerprint density at radius 2 is 1.62 bits per heavy atom. The van der Waals surface area contributed by atoms with Crippen molar-refractivity contribution in [1.29, 1.82) is 0 Å². The SMILES string of the molecule is Cc1c(O[C@@H]2OC(C)(C)[C@H](CO)[C@@H](OC(N)=O)[C@H]2O)ccc2c(O)c(NC(=O)C(c3ccccc3)c3ccccc3)c(=O)oc12. The number of amides is 2. The molecule has 0 unspecified atom stereocenters. The standard InChI is InChI=1S/C33H34N2O10/c1-17-22(42-31-26(38)28(44-32(34)41)21(16-36)33(2,3)45-31)15-14-20-25(37)24(30(40)43-27(17)20)35-29(39)23(18-10-6-4-7-11-18)19-12-8-5-9-13-19/h4-15,21,23,26,28,31,36-38H,16H2,1-3H3,(H2,34,41)(H,35,39)/t21-,26-,28-,31-/m1/s1. The Morgan fingerprint density at radius 3 is 2.18 bits per heavy atom. The van der Waals surface area contributed by atoms with Crippen molar-refractivity contribution in [1.82, 2.24) is 0 Å². The molecule has 1 aliphatic rings. The van der Waals surface area contributed by atoms with Gasteiger partial charge in [0.1, 0.15) is 17.4 Å². The summed E-state index contributed by atoms with van der Waals surface area (Å²) in [6.07, 6.45) is -5.31. The Bertz CT molecular complexity index is 1720. The molecule has 0 radical (unpaired) electrons. The van der Waals surface area contributed by atoms with E-state index in [1.54, 1.807) is 69.3 Å². The first-order valence-corrected chi connectivity index (χ1v) is 14.2. The first kappa shape index (κ1) is 31.5. The molecule has 1 fully saturated rings. The van der Waals surface area contributed by atoms with E-state index in [1.807, 2.05) is 12.1 Å². The first-order valence-electron chi connectivity index (χ1n) is 14.2. The van der Waals surface area contributed by atoms with Gasteiger partial charge < -0.3 is 45.0 Å². The van der Waals surface area contributed by atoms with E-state index in [2.05, 4.69) is 5.32 Å². The molecule has 2 amide bonds. The van der Waals surface area contributed by atoms with Crippen LogP contribution in [0.3, 0.4) is 0 Å². The van der Waals surface area contributed by atoms with Gasteiger partial charge in [-0.25, -0.2) is 9.59 Å². The van der Waals surface area contributed by atoms with Crippen molar-refractivity contribution >= 4 is 28.7 Å². The summed E-state index contributed by atoms with van der Waals surface area (Å²) < 4.78 is 22.5. The fourth-order valence-corrected chi connectivity index (χ4v) is 5.66. The van der Waals surface area contributed by atoms with Crippen LogP contribution in [0.4, 0.5) is 10.5 Å². The Labute approximate surface area is 258 Å². The zero-order chi connectivity index (χ0) is 32.5. The lowest BCUT2D eigenvalue weighted by atomic mass is 9.81. The van der Waals surface area contributed by atoms with E-state index in [1.165, 1.54) is 12.1 Å². The minimum atomic E-state index is -1.54. The average Bonchev–Trinajstić information content (AvgIpc) is 3.00. The predicted octanol–water partition coefficient (Wildman–Crippen LogP) is 3.52. The number of rotatable bonds is 8. The molecule has 4 atom stereocenters. The van der Waals surface area contributed by atoms with Crippen molar-refractivity contribution in [2.45, 2.75) is 50.8 Å². The van der Waals surface area contributed by atoms with Crippen LogP contribution in [0.25, 0.3) is 11.0 Å². The number of aliphatic hydroxyl groups is 2. The van der Waals surface area contributed by atoms with E-state index in [-0.39, 0.29) is 22.3 Å². The molecule has 1 aliphatic heterocycles. The molecular weight excluding hydrogens is 584 g/mol. The molecule has 0 bridgehead atoms. The van der Waals surface area contributed by atoms with Crippen LogP contribution in [-0.4, -0.2) is 58.0 Å². The fourth-order valence-electron chi connectivity index (χ4n) is 5.66. The normalized spacial score (nSPS) is 20.9. The molecule has 5 rings (SSSR count). The molecule has 2 heterocycles. The van der Waals surface area contributed by atoms with Crippen LogP contribution in [0, 0.1) is 12.8 Å². The van der Waals surface area contributed by atoms with Gasteiger partial charge in [-0.05, 0) is 44.0 Å². The topological polar surface area (TPSA) is 191 Å². The van der Waals surface area contributed by atoms with E-state index >= 15 is 0 Å². The third kappa shape index (κ3) is 6.21. The maximum Gasteiger partial charge on any atom is 0.404 e. The number of carbonyl (C=O) groups excluding carboxylic acids is 2. The zero-order valence-electron chi connectivity index (χ0n) is 24.8. The molecule has 0 spiro atoms. The van der Waals surface area contributed by atoms with Gasteiger partial charge in [-0.3, -0.25) is 4.79 Å². The van der Waals surface area contributed by atoms with Crippen molar-refractivity contribution < 1.29 is 43.5 Å². The van der Waals surface area contributed by atoms with Gasteiger partial charge in [-0.2, -0.15) is 0 Å². The van der Waals surface area contributed by atoms with E-state index in [0.717, 1.165) is 0 Å². The summed E-state index contributed by atoms with van der Waals surface area (Å²) in [6, 6.07) is 20.9. The van der Waals surface area contributed by atoms with E-state index in [4.69, 9.17) is 24.4 Å². The number of hydrogen-bond donors (Lipinski definition) is 5. The summed E-state index contributed by atoms with van der Waals surface area (Å²) in [5.74, 6) is -2.52. The van der Waals surface area contributed by atoms with E-state index in [0.29, 0.717) is 11.1 Å². The number of anilines is 1.